The number of hydrogen-bond donors (Lipinski definition) is 1. The first-order chi connectivity index (χ1) is 5.84. The molecule has 1 rings (SSSR count). The molecule has 1 fully saturated rings. The topological polar surface area (TPSA) is 29.3 Å². The lowest BCUT2D eigenvalue weighted by Gasteiger charge is -2.48. The second kappa shape index (κ2) is 3.25. The van der Waals surface area contributed by atoms with Gasteiger partial charge in [0.2, 0.25) is 0 Å². The smallest absolute Gasteiger partial charge is 0.0267 e. The van der Waals surface area contributed by atoms with Gasteiger partial charge >= 0.3 is 0 Å². The van der Waals surface area contributed by atoms with Gasteiger partial charge in [0.15, 0.2) is 0 Å². The second-order valence-corrected chi connectivity index (χ2v) is 5.54. The molecule has 2 unspecified atom stereocenters. The Morgan fingerprint density at radius 1 is 1.46 bits per heavy atom. The molecular formula is C11H24N2. The third-order valence-electron chi connectivity index (χ3n) is 4.20. The van der Waals surface area contributed by atoms with Gasteiger partial charge in [-0.1, -0.05) is 20.8 Å². The highest BCUT2D eigenvalue weighted by Gasteiger charge is 2.49. The van der Waals surface area contributed by atoms with Crippen LogP contribution in [-0.4, -0.2) is 30.6 Å². The number of hydrogen-bond acceptors (Lipinski definition) is 2. The molecule has 0 aromatic rings. The van der Waals surface area contributed by atoms with Crippen molar-refractivity contribution in [2.24, 2.45) is 17.1 Å². The van der Waals surface area contributed by atoms with E-state index >= 15 is 0 Å². The summed E-state index contributed by atoms with van der Waals surface area (Å²) < 4.78 is 0. The molecule has 13 heavy (non-hydrogen) atoms. The third kappa shape index (κ3) is 1.50. The Hall–Kier alpha value is -0.0800. The van der Waals surface area contributed by atoms with Crippen LogP contribution < -0.4 is 5.73 Å². The van der Waals surface area contributed by atoms with Crippen molar-refractivity contribution in [3.63, 3.8) is 0 Å². The van der Waals surface area contributed by atoms with Gasteiger partial charge in [0.05, 0.1) is 0 Å². The zero-order chi connectivity index (χ0) is 10.3. The third-order valence-corrected chi connectivity index (χ3v) is 4.20. The highest BCUT2D eigenvalue weighted by Crippen LogP contribution is 2.45. The Kier molecular flexibility index (Phi) is 2.75. The number of nitrogens with zero attached hydrogens (tertiary/aromatic N) is 1. The van der Waals surface area contributed by atoms with E-state index in [0.717, 1.165) is 6.54 Å². The predicted molar refractivity (Wildman–Crippen MR) is 57.7 cm³/mol. The van der Waals surface area contributed by atoms with Gasteiger partial charge in [0.25, 0.3) is 0 Å². The van der Waals surface area contributed by atoms with Crippen LogP contribution in [0.2, 0.25) is 0 Å². The first-order valence-electron chi connectivity index (χ1n) is 5.25. The molecule has 0 radical (unpaired) electrons. The molecule has 2 heteroatoms. The summed E-state index contributed by atoms with van der Waals surface area (Å²) in [5.74, 6) is 0.650. The molecule has 0 aromatic heterocycles. The Morgan fingerprint density at radius 3 is 2.31 bits per heavy atom. The normalized spacial score (nSPS) is 36.9. The van der Waals surface area contributed by atoms with Crippen LogP contribution in [0.3, 0.4) is 0 Å². The summed E-state index contributed by atoms with van der Waals surface area (Å²) in [7, 11) is 2.22. The van der Waals surface area contributed by atoms with E-state index in [-0.39, 0.29) is 5.54 Å². The average molecular weight is 184 g/mol. The van der Waals surface area contributed by atoms with E-state index in [9.17, 15) is 0 Å². The minimum atomic E-state index is 0.266. The maximum absolute atomic E-state index is 5.84. The fourth-order valence-electron chi connectivity index (χ4n) is 2.71. The van der Waals surface area contributed by atoms with Crippen molar-refractivity contribution in [2.75, 3.05) is 20.1 Å². The Morgan fingerprint density at radius 2 is 2.00 bits per heavy atom. The maximum Gasteiger partial charge on any atom is 0.0267 e. The van der Waals surface area contributed by atoms with E-state index in [0.29, 0.717) is 11.3 Å². The molecule has 1 heterocycles. The van der Waals surface area contributed by atoms with Gasteiger partial charge < -0.3 is 10.6 Å². The molecule has 1 saturated heterocycles. The van der Waals surface area contributed by atoms with Gasteiger partial charge in [-0.15, -0.1) is 0 Å². The summed E-state index contributed by atoms with van der Waals surface area (Å²) in [4.78, 5) is 2.48. The van der Waals surface area contributed by atoms with Crippen molar-refractivity contribution >= 4 is 0 Å². The average Bonchev–Trinajstić information content (AvgIpc) is 2.29. The molecule has 0 saturated carbocycles. The van der Waals surface area contributed by atoms with Crippen LogP contribution in [0.25, 0.3) is 0 Å². The van der Waals surface area contributed by atoms with Crippen molar-refractivity contribution in [1.29, 1.82) is 0 Å². The lowest BCUT2D eigenvalue weighted by Crippen LogP contribution is -2.54. The van der Waals surface area contributed by atoms with E-state index < -0.39 is 0 Å². The molecule has 0 spiro atoms. The summed E-state index contributed by atoms with van der Waals surface area (Å²) in [6, 6.07) is 0. The molecule has 0 aromatic carbocycles. The second-order valence-electron chi connectivity index (χ2n) is 5.54. The molecular weight excluding hydrogens is 160 g/mol. The number of nitrogens with two attached hydrogens (primary N) is 1. The highest BCUT2D eigenvalue weighted by atomic mass is 15.2. The van der Waals surface area contributed by atoms with Gasteiger partial charge in [-0.05, 0) is 44.8 Å². The Labute approximate surface area is 82.5 Å². The van der Waals surface area contributed by atoms with Gasteiger partial charge in [-0.25, -0.2) is 0 Å². The summed E-state index contributed by atoms with van der Waals surface area (Å²) >= 11 is 0. The molecule has 0 aliphatic carbocycles. The molecule has 0 bridgehead atoms. The summed E-state index contributed by atoms with van der Waals surface area (Å²) in [5.41, 5.74) is 6.42. The van der Waals surface area contributed by atoms with Crippen LogP contribution in [0, 0.1) is 11.3 Å². The molecule has 2 N–H and O–H groups in total. The fraction of sp³-hybridized carbons (Fsp3) is 1.00. The lowest BCUT2D eigenvalue weighted by molar-refractivity contribution is 0.0306. The van der Waals surface area contributed by atoms with E-state index in [1.807, 2.05) is 0 Å². The maximum atomic E-state index is 5.84. The molecule has 78 valence electrons. The zero-order valence-electron chi connectivity index (χ0n) is 9.72. The minimum absolute atomic E-state index is 0.266. The van der Waals surface area contributed by atoms with Crippen LogP contribution in [0.5, 0.6) is 0 Å². The van der Waals surface area contributed by atoms with E-state index in [2.05, 4.69) is 39.6 Å². The summed E-state index contributed by atoms with van der Waals surface area (Å²) in [6.45, 7) is 11.3. The molecule has 0 amide bonds. The molecule has 2 nitrogen and oxygen atoms in total. The zero-order valence-corrected chi connectivity index (χ0v) is 9.72. The predicted octanol–water partition coefficient (Wildman–Crippen LogP) is 1.70. The molecule has 1 aliphatic heterocycles. The quantitative estimate of drug-likeness (QED) is 0.672. The first-order valence-corrected chi connectivity index (χ1v) is 5.25. The van der Waals surface area contributed by atoms with Crippen molar-refractivity contribution in [3.8, 4) is 0 Å². The van der Waals surface area contributed by atoms with Crippen molar-refractivity contribution in [2.45, 2.75) is 39.7 Å². The van der Waals surface area contributed by atoms with Crippen LogP contribution in [-0.2, 0) is 0 Å². The highest BCUT2D eigenvalue weighted by molar-refractivity contribution is 5.04. The van der Waals surface area contributed by atoms with E-state index in [4.69, 9.17) is 5.73 Å². The van der Waals surface area contributed by atoms with Gasteiger partial charge in [0, 0.05) is 5.54 Å². The van der Waals surface area contributed by atoms with Gasteiger partial charge in [0.1, 0.15) is 0 Å². The first kappa shape index (κ1) is 11.0. The van der Waals surface area contributed by atoms with E-state index in [1.165, 1.54) is 13.0 Å². The Balaban J connectivity index is 2.95. The Bertz CT molecular complexity index is 183. The lowest BCUT2D eigenvalue weighted by atomic mass is 9.68. The summed E-state index contributed by atoms with van der Waals surface area (Å²) in [5, 5.41) is 0. The van der Waals surface area contributed by atoms with E-state index in [1.54, 1.807) is 0 Å². The van der Waals surface area contributed by atoms with Crippen molar-refractivity contribution in [3.05, 3.63) is 0 Å². The summed E-state index contributed by atoms with van der Waals surface area (Å²) in [6.07, 6.45) is 1.25. The standard InChI is InChI=1S/C11H24N2/c1-10(2,3)11(4)9(8-12)6-7-13(11)5/h9H,6-8,12H2,1-5H3. The van der Waals surface area contributed by atoms with Crippen LogP contribution in [0.15, 0.2) is 0 Å². The molecule has 1 aliphatic rings. The largest absolute Gasteiger partial charge is 0.330 e. The SMILES string of the molecule is CN1CCC(CN)C1(C)C(C)(C)C. The van der Waals surface area contributed by atoms with Crippen molar-refractivity contribution < 1.29 is 0 Å². The van der Waals surface area contributed by atoms with Crippen LogP contribution >= 0.6 is 0 Å². The number of rotatable bonds is 1. The fourth-order valence-corrected chi connectivity index (χ4v) is 2.71. The van der Waals surface area contributed by atoms with Gasteiger partial charge in [-0.2, -0.15) is 0 Å². The van der Waals surface area contributed by atoms with Crippen molar-refractivity contribution in [1.82, 2.24) is 4.90 Å². The van der Waals surface area contributed by atoms with Crippen LogP contribution in [0.1, 0.15) is 34.1 Å². The van der Waals surface area contributed by atoms with Gasteiger partial charge in [-0.3, -0.25) is 0 Å². The monoisotopic (exact) mass is 184 g/mol. The minimum Gasteiger partial charge on any atom is -0.330 e. The molecule has 2 atom stereocenters. The van der Waals surface area contributed by atoms with Crippen LogP contribution in [0.4, 0.5) is 0 Å². The number of likely N-dealkylation sites (tertiary alicyclic amines) is 1.